The standard InChI is InChI=1S/C14H10Cl2N4O/c1-7-18-11-8(5-6-17-13(11)19-7)14(21)20-12-9(15)3-2-4-10(12)16/h2-6H,1H3,(H,20,21)(H,17,18,19). The van der Waals surface area contributed by atoms with Crippen molar-refractivity contribution in [1.82, 2.24) is 15.0 Å². The molecule has 0 fully saturated rings. The molecular formula is C14H10Cl2N4O. The molecule has 3 rings (SSSR count). The molecule has 0 unspecified atom stereocenters. The second-order valence-corrected chi connectivity index (χ2v) is 5.24. The first-order valence-corrected chi connectivity index (χ1v) is 6.88. The smallest absolute Gasteiger partial charge is 0.258 e. The second kappa shape index (κ2) is 5.35. The molecular weight excluding hydrogens is 311 g/mol. The Bertz CT molecular complexity index is 824. The Hall–Kier alpha value is -2.11. The number of carbonyl (C=O) groups is 1. The summed E-state index contributed by atoms with van der Waals surface area (Å²) in [5, 5.41) is 3.47. The van der Waals surface area contributed by atoms with Crippen molar-refractivity contribution in [2.75, 3.05) is 5.32 Å². The number of fused-ring (bicyclic) bond motifs is 1. The number of nitrogens with one attached hydrogen (secondary N) is 2. The molecule has 0 aliphatic heterocycles. The minimum absolute atomic E-state index is 0.332. The highest BCUT2D eigenvalue weighted by atomic mass is 35.5. The van der Waals surface area contributed by atoms with Gasteiger partial charge in [-0.25, -0.2) is 9.97 Å². The van der Waals surface area contributed by atoms with Gasteiger partial charge in [-0.15, -0.1) is 0 Å². The number of aryl methyl sites for hydroxylation is 1. The quantitative estimate of drug-likeness (QED) is 0.753. The van der Waals surface area contributed by atoms with E-state index in [0.717, 1.165) is 0 Å². The van der Waals surface area contributed by atoms with E-state index < -0.39 is 0 Å². The summed E-state index contributed by atoms with van der Waals surface area (Å²) in [7, 11) is 0. The first-order chi connectivity index (χ1) is 10.1. The Kier molecular flexibility index (Phi) is 3.53. The van der Waals surface area contributed by atoms with Crippen LogP contribution in [0.15, 0.2) is 30.5 Å². The van der Waals surface area contributed by atoms with E-state index in [4.69, 9.17) is 23.2 Å². The van der Waals surface area contributed by atoms with Gasteiger partial charge in [-0.3, -0.25) is 4.79 Å². The summed E-state index contributed by atoms with van der Waals surface area (Å²) < 4.78 is 0. The molecule has 21 heavy (non-hydrogen) atoms. The number of aromatic amines is 1. The lowest BCUT2D eigenvalue weighted by Gasteiger charge is -2.09. The number of imidazole rings is 1. The third kappa shape index (κ3) is 2.57. The van der Waals surface area contributed by atoms with Gasteiger partial charge in [-0.2, -0.15) is 0 Å². The third-order valence-electron chi connectivity index (χ3n) is 2.96. The van der Waals surface area contributed by atoms with Crippen LogP contribution in [0.2, 0.25) is 10.0 Å². The van der Waals surface area contributed by atoms with Gasteiger partial charge in [-0.1, -0.05) is 29.3 Å². The van der Waals surface area contributed by atoms with Gasteiger partial charge >= 0.3 is 0 Å². The summed E-state index contributed by atoms with van der Waals surface area (Å²) in [6.45, 7) is 1.80. The van der Waals surface area contributed by atoms with Crippen LogP contribution < -0.4 is 5.32 Å². The van der Waals surface area contributed by atoms with Gasteiger partial charge in [0.25, 0.3) is 5.91 Å². The molecule has 106 valence electrons. The predicted octanol–water partition coefficient (Wildman–Crippen LogP) is 3.83. The zero-order valence-corrected chi connectivity index (χ0v) is 12.5. The van der Waals surface area contributed by atoms with E-state index in [0.29, 0.717) is 38.3 Å². The van der Waals surface area contributed by atoms with E-state index in [1.165, 1.54) is 6.20 Å². The van der Waals surface area contributed by atoms with Crippen LogP contribution in [-0.4, -0.2) is 20.9 Å². The number of carbonyl (C=O) groups excluding carboxylic acids is 1. The summed E-state index contributed by atoms with van der Waals surface area (Å²) >= 11 is 12.1. The van der Waals surface area contributed by atoms with Gasteiger partial charge in [0.2, 0.25) is 0 Å². The number of hydrogen-bond donors (Lipinski definition) is 2. The van der Waals surface area contributed by atoms with E-state index in [-0.39, 0.29) is 5.91 Å². The van der Waals surface area contributed by atoms with Gasteiger partial charge in [0.1, 0.15) is 5.82 Å². The van der Waals surface area contributed by atoms with Gasteiger partial charge in [0.05, 0.1) is 26.8 Å². The van der Waals surface area contributed by atoms with Gasteiger partial charge in [0, 0.05) is 6.20 Å². The van der Waals surface area contributed by atoms with Gasteiger partial charge in [0.15, 0.2) is 5.65 Å². The molecule has 2 N–H and O–H groups in total. The van der Waals surface area contributed by atoms with Gasteiger partial charge in [-0.05, 0) is 25.1 Å². The molecule has 5 nitrogen and oxygen atoms in total. The lowest BCUT2D eigenvalue weighted by atomic mass is 10.2. The number of hydrogen-bond acceptors (Lipinski definition) is 3. The maximum absolute atomic E-state index is 12.4. The number of pyridine rings is 1. The molecule has 0 aliphatic rings. The first kappa shape index (κ1) is 13.9. The van der Waals surface area contributed by atoms with E-state index in [1.54, 1.807) is 31.2 Å². The Labute approximate surface area is 130 Å². The highest BCUT2D eigenvalue weighted by Gasteiger charge is 2.16. The van der Waals surface area contributed by atoms with Gasteiger partial charge < -0.3 is 10.3 Å². The normalized spacial score (nSPS) is 10.8. The molecule has 0 saturated carbocycles. The molecule has 0 spiro atoms. The molecule has 0 aliphatic carbocycles. The molecule has 1 aromatic carbocycles. The minimum Gasteiger partial charge on any atom is -0.340 e. The van der Waals surface area contributed by atoms with E-state index in [1.807, 2.05) is 0 Å². The average molecular weight is 321 g/mol. The maximum Gasteiger partial charge on any atom is 0.258 e. The number of benzene rings is 1. The largest absolute Gasteiger partial charge is 0.340 e. The minimum atomic E-state index is -0.332. The van der Waals surface area contributed by atoms with Crippen LogP contribution in [0, 0.1) is 6.92 Å². The molecule has 1 amide bonds. The summed E-state index contributed by atoms with van der Waals surface area (Å²) in [6, 6.07) is 6.64. The Morgan fingerprint density at radius 3 is 2.67 bits per heavy atom. The molecule has 0 atom stereocenters. The molecule has 0 saturated heterocycles. The molecule has 0 bridgehead atoms. The Morgan fingerprint density at radius 1 is 1.24 bits per heavy atom. The van der Waals surface area contributed by atoms with E-state index >= 15 is 0 Å². The van der Waals surface area contributed by atoms with Crippen molar-refractivity contribution in [3.8, 4) is 0 Å². The van der Waals surface area contributed by atoms with E-state index in [2.05, 4.69) is 20.3 Å². The number of rotatable bonds is 2. The average Bonchev–Trinajstić information content (AvgIpc) is 2.82. The summed E-state index contributed by atoms with van der Waals surface area (Å²) in [5.41, 5.74) is 1.88. The second-order valence-electron chi connectivity index (χ2n) is 4.43. The fourth-order valence-electron chi connectivity index (χ4n) is 2.01. The van der Waals surface area contributed by atoms with Crippen LogP contribution in [0.3, 0.4) is 0 Å². The van der Waals surface area contributed by atoms with E-state index in [9.17, 15) is 4.79 Å². The highest BCUT2D eigenvalue weighted by molar-refractivity contribution is 6.40. The van der Waals surface area contributed by atoms with Crippen molar-refractivity contribution in [2.45, 2.75) is 6.92 Å². The Balaban J connectivity index is 2.01. The zero-order valence-electron chi connectivity index (χ0n) is 10.9. The fourth-order valence-corrected chi connectivity index (χ4v) is 2.51. The SMILES string of the molecule is Cc1nc2nccc(C(=O)Nc3c(Cl)cccc3Cl)c2[nH]1. The number of halogens is 2. The van der Waals surface area contributed by atoms with Crippen LogP contribution >= 0.6 is 23.2 Å². The van der Waals surface area contributed by atoms with Crippen LogP contribution in [-0.2, 0) is 0 Å². The molecule has 3 aromatic rings. The highest BCUT2D eigenvalue weighted by Crippen LogP contribution is 2.30. The maximum atomic E-state index is 12.4. The number of nitrogens with zero attached hydrogens (tertiary/aromatic N) is 2. The lowest BCUT2D eigenvalue weighted by molar-refractivity contribution is 0.102. The fraction of sp³-hybridized carbons (Fsp3) is 0.0714. The summed E-state index contributed by atoms with van der Waals surface area (Å²) in [4.78, 5) is 23.8. The number of para-hydroxylation sites is 1. The number of aromatic nitrogens is 3. The molecule has 0 radical (unpaired) electrons. The van der Waals surface area contributed by atoms with Crippen molar-refractivity contribution in [3.63, 3.8) is 0 Å². The number of anilines is 1. The van der Waals surface area contributed by atoms with Crippen LogP contribution in [0.5, 0.6) is 0 Å². The molecule has 2 aromatic heterocycles. The zero-order chi connectivity index (χ0) is 15.0. The lowest BCUT2D eigenvalue weighted by Crippen LogP contribution is -2.13. The summed E-state index contributed by atoms with van der Waals surface area (Å²) in [6.07, 6.45) is 1.53. The molecule has 7 heteroatoms. The van der Waals surface area contributed by atoms with Crippen LogP contribution in [0.4, 0.5) is 5.69 Å². The first-order valence-electron chi connectivity index (χ1n) is 6.13. The van der Waals surface area contributed by atoms with Crippen molar-refractivity contribution < 1.29 is 4.79 Å². The van der Waals surface area contributed by atoms with Crippen molar-refractivity contribution in [2.24, 2.45) is 0 Å². The predicted molar refractivity (Wildman–Crippen MR) is 83.0 cm³/mol. The monoisotopic (exact) mass is 320 g/mol. The number of H-pyrrole nitrogens is 1. The summed E-state index contributed by atoms with van der Waals surface area (Å²) in [5.74, 6) is 0.356. The number of amides is 1. The molecule has 2 heterocycles. The van der Waals surface area contributed by atoms with Crippen molar-refractivity contribution >= 4 is 46.0 Å². The topological polar surface area (TPSA) is 70.7 Å². The van der Waals surface area contributed by atoms with Crippen LogP contribution in [0.1, 0.15) is 16.2 Å². The van der Waals surface area contributed by atoms with Crippen molar-refractivity contribution in [3.05, 3.63) is 51.9 Å². The third-order valence-corrected chi connectivity index (χ3v) is 3.59. The Morgan fingerprint density at radius 2 is 1.95 bits per heavy atom. The van der Waals surface area contributed by atoms with Crippen LogP contribution in [0.25, 0.3) is 11.2 Å². The van der Waals surface area contributed by atoms with Crippen molar-refractivity contribution in [1.29, 1.82) is 0 Å².